The van der Waals surface area contributed by atoms with Crippen LogP contribution in [0.2, 0.25) is 0 Å². The summed E-state index contributed by atoms with van der Waals surface area (Å²) in [5, 5.41) is 3.17. The second kappa shape index (κ2) is 8.38. The number of nitrogens with zero attached hydrogens (tertiary/aromatic N) is 2. The molecule has 0 bridgehead atoms. The lowest BCUT2D eigenvalue weighted by molar-refractivity contribution is -0.115. The molecule has 4 heteroatoms. The zero-order valence-corrected chi connectivity index (χ0v) is 18.9. The largest absolute Gasteiger partial charge is 0.325 e. The van der Waals surface area contributed by atoms with Crippen LogP contribution < -0.4 is 5.32 Å². The summed E-state index contributed by atoms with van der Waals surface area (Å²) in [6.45, 7) is 10.4. The number of anilines is 1. The molecule has 0 aliphatic rings. The number of rotatable bonds is 5. The van der Waals surface area contributed by atoms with Gasteiger partial charge >= 0.3 is 0 Å². The number of amides is 1. The van der Waals surface area contributed by atoms with Gasteiger partial charge in [-0.05, 0) is 74.1 Å². The Labute approximate surface area is 184 Å². The summed E-state index contributed by atoms with van der Waals surface area (Å²) in [6.07, 6.45) is 3.12. The third-order valence-corrected chi connectivity index (χ3v) is 6.06. The molecule has 31 heavy (non-hydrogen) atoms. The highest BCUT2D eigenvalue weighted by Crippen LogP contribution is 2.29. The SMILES string of the molecule is CCc1cccc(C)c1NC(=O)Cc1c(-c2ccc(C)c(C)c2)nc2c(C)cccn12. The number of fused-ring (bicyclic) bond motifs is 1. The first-order valence-electron chi connectivity index (χ1n) is 10.8. The second-order valence-corrected chi connectivity index (χ2v) is 8.28. The van der Waals surface area contributed by atoms with Gasteiger partial charge in [-0.2, -0.15) is 0 Å². The van der Waals surface area contributed by atoms with Crippen LogP contribution in [0.15, 0.2) is 54.7 Å². The summed E-state index contributed by atoms with van der Waals surface area (Å²) in [7, 11) is 0. The van der Waals surface area contributed by atoms with Crippen molar-refractivity contribution in [1.82, 2.24) is 9.38 Å². The number of benzene rings is 2. The Kier molecular flexibility index (Phi) is 5.64. The van der Waals surface area contributed by atoms with E-state index in [1.165, 1.54) is 11.1 Å². The maximum atomic E-state index is 13.2. The maximum Gasteiger partial charge on any atom is 0.230 e. The number of hydrogen-bond donors (Lipinski definition) is 1. The monoisotopic (exact) mass is 411 g/mol. The number of hydrogen-bond acceptors (Lipinski definition) is 2. The molecule has 0 aliphatic carbocycles. The zero-order chi connectivity index (χ0) is 22.1. The molecule has 0 aliphatic heterocycles. The van der Waals surface area contributed by atoms with Gasteiger partial charge in [0, 0.05) is 17.4 Å². The molecular weight excluding hydrogens is 382 g/mol. The molecule has 2 aromatic heterocycles. The summed E-state index contributed by atoms with van der Waals surface area (Å²) < 4.78 is 2.05. The van der Waals surface area contributed by atoms with Crippen LogP contribution in [0, 0.1) is 27.7 Å². The molecule has 0 radical (unpaired) electrons. The van der Waals surface area contributed by atoms with Crippen molar-refractivity contribution in [2.45, 2.75) is 47.5 Å². The normalized spacial score (nSPS) is 11.1. The molecule has 4 aromatic rings. The van der Waals surface area contributed by atoms with Crippen LogP contribution in [-0.4, -0.2) is 15.3 Å². The van der Waals surface area contributed by atoms with Crippen molar-refractivity contribution in [2.24, 2.45) is 0 Å². The molecular formula is C27H29N3O. The van der Waals surface area contributed by atoms with E-state index in [1.807, 2.05) is 31.3 Å². The van der Waals surface area contributed by atoms with Gasteiger partial charge in [0.1, 0.15) is 5.65 Å². The van der Waals surface area contributed by atoms with Crippen LogP contribution in [0.1, 0.15) is 40.4 Å². The fourth-order valence-electron chi connectivity index (χ4n) is 4.08. The fourth-order valence-corrected chi connectivity index (χ4v) is 4.08. The molecule has 0 unspecified atom stereocenters. The van der Waals surface area contributed by atoms with E-state index < -0.39 is 0 Å². The van der Waals surface area contributed by atoms with Gasteiger partial charge in [-0.1, -0.05) is 43.3 Å². The van der Waals surface area contributed by atoms with Gasteiger partial charge in [-0.25, -0.2) is 4.98 Å². The summed E-state index contributed by atoms with van der Waals surface area (Å²) in [5.74, 6) is -0.0302. The first kappa shape index (κ1) is 20.9. The molecule has 1 N–H and O–H groups in total. The second-order valence-electron chi connectivity index (χ2n) is 8.28. The zero-order valence-electron chi connectivity index (χ0n) is 18.9. The lowest BCUT2D eigenvalue weighted by atomic mass is 10.0. The predicted octanol–water partition coefficient (Wildman–Crippen LogP) is 5.98. The number of imidazole rings is 1. The van der Waals surface area contributed by atoms with Crippen LogP contribution >= 0.6 is 0 Å². The van der Waals surface area contributed by atoms with E-state index >= 15 is 0 Å². The van der Waals surface area contributed by atoms with Crippen LogP contribution in [0.3, 0.4) is 0 Å². The molecule has 158 valence electrons. The maximum absolute atomic E-state index is 13.2. The molecule has 0 spiro atoms. The summed E-state index contributed by atoms with van der Waals surface area (Å²) in [5.41, 5.74) is 10.4. The molecule has 0 saturated heterocycles. The molecule has 0 saturated carbocycles. The minimum absolute atomic E-state index is 0.0302. The lowest BCUT2D eigenvalue weighted by Crippen LogP contribution is -2.18. The Bertz CT molecular complexity index is 1280. The van der Waals surface area contributed by atoms with Gasteiger partial charge in [0.2, 0.25) is 5.91 Å². The molecule has 1 amide bonds. The van der Waals surface area contributed by atoms with E-state index in [4.69, 9.17) is 4.98 Å². The first-order chi connectivity index (χ1) is 14.9. The van der Waals surface area contributed by atoms with E-state index in [0.717, 1.165) is 51.4 Å². The number of aryl methyl sites for hydroxylation is 5. The minimum Gasteiger partial charge on any atom is -0.325 e. The van der Waals surface area contributed by atoms with Gasteiger partial charge in [-0.15, -0.1) is 0 Å². The minimum atomic E-state index is -0.0302. The smallest absolute Gasteiger partial charge is 0.230 e. The van der Waals surface area contributed by atoms with Crippen LogP contribution in [0.25, 0.3) is 16.9 Å². The molecule has 2 heterocycles. The number of nitrogens with one attached hydrogen (secondary N) is 1. The van der Waals surface area contributed by atoms with Gasteiger partial charge in [-0.3, -0.25) is 4.79 Å². The van der Waals surface area contributed by atoms with Gasteiger partial charge < -0.3 is 9.72 Å². The number of carbonyl (C=O) groups is 1. The van der Waals surface area contributed by atoms with Crippen LogP contribution in [-0.2, 0) is 17.6 Å². The Balaban J connectivity index is 1.77. The number of pyridine rings is 1. The summed E-state index contributed by atoms with van der Waals surface area (Å²) in [6, 6.07) is 16.6. The molecule has 0 fully saturated rings. The highest BCUT2D eigenvalue weighted by Gasteiger charge is 2.19. The van der Waals surface area contributed by atoms with Gasteiger partial charge in [0.05, 0.1) is 17.8 Å². The highest BCUT2D eigenvalue weighted by atomic mass is 16.1. The molecule has 2 aromatic carbocycles. The quantitative estimate of drug-likeness (QED) is 0.439. The standard InChI is InChI=1S/C27H29N3O/c1-6-21-11-7-9-18(3)25(21)28-24(31)16-23-26(22-13-12-17(2)20(5)15-22)29-27-19(4)10-8-14-30(23)27/h7-15H,6,16H2,1-5H3,(H,28,31). The molecule has 4 nitrogen and oxygen atoms in total. The van der Waals surface area contributed by atoms with Crippen molar-refractivity contribution in [1.29, 1.82) is 0 Å². The van der Waals surface area contributed by atoms with Crippen molar-refractivity contribution < 1.29 is 4.79 Å². The van der Waals surface area contributed by atoms with Gasteiger partial charge in [0.25, 0.3) is 0 Å². The van der Waals surface area contributed by atoms with Crippen LogP contribution in [0.4, 0.5) is 5.69 Å². The fraction of sp³-hybridized carbons (Fsp3) is 0.259. The van der Waals surface area contributed by atoms with E-state index in [-0.39, 0.29) is 12.3 Å². The average molecular weight is 412 g/mol. The predicted molar refractivity (Wildman–Crippen MR) is 128 cm³/mol. The van der Waals surface area contributed by atoms with E-state index in [2.05, 4.69) is 67.7 Å². The number of para-hydroxylation sites is 1. The summed E-state index contributed by atoms with van der Waals surface area (Å²) >= 11 is 0. The molecule has 4 rings (SSSR count). The van der Waals surface area contributed by atoms with E-state index in [1.54, 1.807) is 0 Å². The van der Waals surface area contributed by atoms with Crippen molar-refractivity contribution in [3.05, 3.63) is 88.2 Å². The average Bonchev–Trinajstić information content (AvgIpc) is 3.11. The Morgan fingerprint density at radius 2 is 1.71 bits per heavy atom. The Hall–Kier alpha value is -3.40. The third kappa shape index (κ3) is 3.98. The van der Waals surface area contributed by atoms with Gasteiger partial charge in [0.15, 0.2) is 0 Å². The van der Waals surface area contributed by atoms with Crippen molar-refractivity contribution in [3.63, 3.8) is 0 Å². The lowest BCUT2D eigenvalue weighted by Gasteiger charge is -2.13. The van der Waals surface area contributed by atoms with Crippen LogP contribution in [0.5, 0.6) is 0 Å². The Morgan fingerprint density at radius 1 is 0.935 bits per heavy atom. The number of carbonyl (C=O) groups excluding carboxylic acids is 1. The van der Waals surface area contributed by atoms with Crippen molar-refractivity contribution in [3.8, 4) is 11.3 Å². The van der Waals surface area contributed by atoms with E-state index in [0.29, 0.717) is 0 Å². The molecule has 0 atom stereocenters. The van der Waals surface area contributed by atoms with E-state index in [9.17, 15) is 4.79 Å². The summed E-state index contributed by atoms with van der Waals surface area (Å²) in [4.78, 5) is 18.1. The first-order valence-corrected chi connectivity index (χ1v) is 10.8. The van der Waals surface area contributed by atoms with Crippen molar-refractivity contribution in [2.75, 3.05) is 5.32 Å². The van der Waals surface area contributed by atoms with Crippen molar-refractivity contribution >= 4 is 17.2 Å². The Morgan fingerprint density at radius 3 is 2.45 bits per heavy atom. The third-order valence-electron chi connectivity index (χ3n) is 6.06. The number of aromatic nitrogens is 2. The topological polar surface area (TPSA) is 46.4 Å². The highest BCUT2D eigenvalue weighted by molar-refractivity contribution is 5.94.